The van der Waals surface area contributed by atoms with E-state index in [1.807, 2.05) is 28.9 Å². The summed E-state index contributed by atoms with van der Waals surface area (Å²) in [4.78, 5) is 0. The van der Waals surface area contributed by atoms with Crippen LogP contribution in [0.5, 0.6) is 0 Å². The molecule has 1 aliphatic rings. The van der Waals surface area contributed by atoms with Crippen LogP contribution in [-0.4, -0.2) is 23.0 Å². The first-order valence-corrected chi connectivity index (χ1v) is 6.79. The van der Waals surface area contributed by atoms with E-state index in [-0.39, 0.29) is 0 Å². The molecule has 0 radical (unpaired) electrons. The smallest absolute Gasteiger partial charge is 0.122 e. The maximum Gasteiger partial charge on any atom is 0.122 e. The molecule has 1 aromatic carbocycles. The third-order valence-electron chi connectivity index (χ3n) is 3.65. The zero-order valence-corrected chi connectivity index (χ0v) is 11.0. The first-order chi connectivity index (χ1) is 9.33. The van der Waals surface area contributed by atoms with Crippen LogP contribution in [0.3, 0.4) is 0 Å². The lowest BCUT2D eigenvalue weighted by molar-refractivity contribution is 0.0604. The minimum Gasteiger partial charge on any atom is -0.384 e. The Labute approximate surface area is 113 Å². The zero-order chi connectivity index (χ0) is 13.1. The molecule has 1 fully saturated rings. The summed E-state index contributed by atoms with van der Waals surface area (Å²) in [7, 11) is 0. The molecule has 4 heteroatoms. The minimum atomic E-state index is 0.625. The fourth-order valence-corrected chi connectivity index (χ4v) is 2.50. The summed E-state index contributed by atoms with van der Waals surface area (Å²) < 4.78 is 7.31. The number of ether oxygens (including phenoxy) is 1. The van der Waals surface area contributed by atoms with E-state index >= 15 is 0 Å². The van der Waals surface area contributed by atoms with Crippen molar-refractivity contribution in [1.29, 1.82) is 0 Å². The molecule has 1 aromatic heterocycles. The second kappa shape index (κ2) is 5.45. The number of nitrogens with zero attached hydrogens (tertiary/aromatic N) is 2. The molecule has 1 aliphatic heterocycles. The highest BCUT2D eigenvalue weighted by Crippen LogP contribution is 2.23. The van der Waals surface area contributed by atoms with E-state index in [4.69, 9.17) is 10.5 Å². The number of rotatable bonds is 3. The molecule has 2 aromatic rings. The van der Waals surface area contributed by atoms with E-state index < -0.39 is 0 Å². The summed E-state index contributed by atoms with van der Waals surface area (Å²) in [5.41, 5.74) is 8.13. The maximum absolute atomic E-state index is 6.07. The van der Waals surface area contributed by atoms with Gasteiger partial charge in [-0.05, 0) is 18.8 Å². The SMILES string of the molecule is Nc1cc(-c2ccccc2)nn1CC1CCOCC1. The summed E-state index contributed by atoms with van der Waals surface area (Å²) in [5.74, 6) is 1.37. The second-order valence-electron chi connectivity index (χ2n) is 5.06. The molecule has 2 heterocycles. The van der Waals surface area contributed by atoms with Gasteiger partial charge in [0.15, 0.2) is 0 Å². The van der Waals surface area contributed by atoms with Crippen molar-refractivity contribution in [3.8, 4) is 11.3 Å². The number of aromatic nitrogens is 2. The molecular formula is C15H19N3O. The number of benzene rings is 1. The Bertz CT molecular complexity index is 530. The molecule has 2 N–H and O–H groups in total. The van der Waals surface area contributed by atoms with Crippen molar-refractivity contribution >= 4 is 5.82 Å². The predicted octanol–water partition coefficient (Wildman–Crippen LogP) is 2.56. The number of nitrogens with two attached hydrogens (primary N) is 1. The molecule has 0 spiro atoms. The Morgan fingerprint density at radius 1 is 1.21 bits per heavy atom. The van der Waals surface area contributed by atoms with E-state index in [9.17, 15) is 0 Å². The lowest BCUT2D eigenvalue weighted by atomic mass is 10.0. The molecule has 0 saturated carbocycles. The van der Waals surface area contributed by atoms with Crippen LogP contribution in [0.4, 0.5) is 5.82 Å². The first kappa shape index (κ1) is 12.2. The Kier molecular flexibility index (Phi) is 3.51. The largest absolute Gasteiger partial charge is 0.384 e. The quantitative estimate of drug-likeness (QED) is 0.919. The van der Waals surface area contributed by atoms with Gasteiger partial charge in [0.2, 0.25) is 0 Å². The van der Waals surface area contributed by atoms with E-state index in [1.54, 1.807) is 0 Å². The normalized spacial score (nSPS) is 16.6. The van der Waals surface area contributed by atoms with Crippen LogP contribution in [0.25, 0.3) is 11.3 Å². The standard InChI is InChI=1S/C15H19N3O/c16-15-10-14(13-4-2-1-3-5-13)17-18(15)11-12-6-8-19-9-7-12/h1-5,10,12H,6-9,11,16H2. The third-order valence-corrected chi connectivity index (χ3v) is 3.65. The summed E-state index contributed by atoms with van der Waals surface area (Å²) in [5, 5.41) is 4.62. The molecule has 0 amide bonds. The predicted molar refractivity (Wildman–Crippen MR) is 75.6 cm³/mol. The summed E-state index contributed by atoms with van der Waals surface area (Å²) in [6, 6.07) is 12.1. The van der Waals surface area contributed by atoms with Gasteiger partial charge in [0.05, 0.1) is 5.69 Å². The Balaban J connectivity index is 1.77. The van der Waals surface area contributed by atoms with E-state index in [1.165, 1.54) is 0 Å². The van der Waals surface area contributed by atoms with Gasteiger partial charge in [-0.15, -0.1) is 0 Å². The van der Waals surface area contributed by atoms with E-state index in [0.717, 1.165) is 49.7 Å². The first-order valence-electron chi connectivity index (χ1n) is 6.79. The van der Waals surface area contributed by atoms with E-state index in [2.05, 4.69) is 17.2 Å². The lowest BCUT2D eigenvalue weighted by Crippen LogP contribution is -2.21. The zero-order valence-electron chi connectivity index (χ0n) is 11.0. The van der Waals surface area contributed by atoms with Gasteiger partial charge < -0.3 is 10.5 Å². The molecule has 19 heavy (non-hydrogen) atoms. The molecule has 100 valence electrons. The Morgan fingerprint density at radius 2 is 1.95 bits per heavy atom. The molecular weight excluding hydrogens is 238 g/mol. The van der Waals surface area contributed by atoms with Crippen molar-refractivity contribution in [1.82, 2.24) is 9.78 Å². The van der Waals surface area contributed by atoms with Crippen molar-refractivity contribution in [3.63, 3.8) is 0 Å². The van der Waals surface area contributed by atoms with Crippen molar-refractivity contribution in [2.75, 3.05) is 18.9 Å². The molecule has 4 nitrogen and oxygen atoms in total. The Hall–Kier alpha value is -1.81. The highest BCUT2D eigenvalue weighted by molar-refractivity contribution is 5.61. The van der Waals surface area contributed by atoms with Crippen LogP contribution in [0.15, 0.2) is 36.4 Å². The highest BCUT2D eigenvalue weighted by Gasteiger charge is 2.16. The highest BCUT2D eigenvalue weighted by atomic mass is 16.5. The molecule has 0 aliphatic carbocycles. The average Bonchev–Trinajstić information content (AvgIpc) is 2.82. The van der Waals surface area contributed by atoms with Gasteiger partial charge in [-0.3, -0.25) is 0 Å². The van der Waals surface area contributed by atoms with Gasteiger partial charge in [0.25, 0.3) is 0 Å². The lowest BCUT2D eigenvalue weighted by Gasteiger charge is -2.22. The number of anilines is 1. The fraction of sp³-hybridized carbons (Fsp3) is 0.400. The number of nitrogen functional groups attached to an aromatic ring is 1. The second-order valence-corrected chi connectivity index (χ2v) is 5.06. The van der Waals surface area contributed by atoms with Crippen molar-refractivity contribution in [2.45, 2.75) is 19.4 Å². The fourth-order valence-electron chi connectivity index (χ4n) is 2.50. The summed E-state index contributed by atoms with van der Waals surface area (Å²) in [6.07, 6.45) is 2.19. The van der Waals surface area contributed by atoms with Gasteiger partial charge in [0.1, 0.15) is 5.82 Å². The summed E-state index contributed by atoms with van der Waals surface area (Å²) >= 11 is 0. The van der Waals surface area contributed by atoms with Gasteiger partial charge in [-0.25, -0.2) is 4.68 Å². The average molecular weight is 257 g/mol. The van der Waals surface area contributed by atoms with Crippen molar-refractivity contribution in [3.05, 3.63) is 36.4 Å². The molecule has 3 rings (SSSR count). The third kappa shape index (κ3) is 2.79. The van der Waals surface area contributed by atoms with Gasteiger partial charge in [-0.2, -0.15) is 5.10 Å². The molecule has 0 atom stereocenters. The van der Waals surface area contributed by atoms with Gasteiger partial charge in [-0.1, -0.05) is 30.3 Å². The molecule has 0 bridgehead atoms. The van der Waals surface area contributed by atoms with Crippen LogP contribution in [0.2, 0.25) is 0 Å². The van der Waals surface area contributed by atoms with Gasteiger partial charge >= 0.3 is 0 Å². The van der Waals surface area contributed by atoms with Crippen LogP contribution in [0.1, 0.15) is 12.8 Å². The van der Waals surface area contributed by atoms with Gasteiger partial charge in [0, 0.05) is 31.4 Å². The Morgan fingerprint density at radius 3 is 2.68 bits per heavy atom. The monoisotopic (exact) mass is 257 g/mol. The van der Waals surface area contributed by atoms with Crippen molar-refractivity contribution in [2.24, 2.45) is 5.92 Å². The summed E-state index contributed by atoms with van der Waals surface area (Å²) in [6.45, 7) is 2.61. The number of hydrogen-bond donors (Lipinski definition) is 1. The van der Waals surface area contributed by atoms with Crippen molar-refractivity contribution < 1.29 is 4.74 Å². The number of hydrogen-bond acceptors (Lipinski definition) is 3. The van der Waals surface area contributed by atoms with Crippen LogP contribution in [-0.2, 0) is 11.3 Å². The van der Waals surface area contributed by atoms with Crippen LogP contribution in [0, 0.1) is 5.92 Å². The molecule has 1 saturated heterocycles. The topological polar surface area (TPSA) is 53.1 Å². The molecule has 0 unspecified atom stereocenters. The van der Waals surface area contributed by atoms with Crippen LogP contribution >= 0.6 is 0 Å². The minimum absolute atomic E-state index is 0.625. The maximum atomic E-state index is 6.07. The van der Waals surface area contributed by atoms with Crippen LogP contribution < -0.4 is 5.73 Å². The van der Waals surface area contributed by atoms with E-state index in [0.29, 0.717) is 5.92 Å².